The molecule has 0 spiro atoms. The summed E-state index contributed by atoms with van der Waals surface area (Å²) in [6.07, 6.45) is 4.49. The largest absolute Gasteiger partial charge is 0.381 e. The predicted molar refractivity (Wildman–Crippen MR) is 90.2 cm³/mol. The fourth-order valence-corrected chi connectivity index (χ4v) is 3.55. The Morgan fingerprint density at radius 1 is 1.22 bits per heavy atom. The molecule has 2 saturated heterocycles. The lowest BCUT2D eigenvalue weighted by Gasteiger charge is -2.35. The maximum atomic E-state index is 12.1. The Morgan fingerprint density at radius 2 is 1.87 bits per heavy atom. The molecule has 2 heterocycles. The molecule has 3 unspecified atom stereocenters. The Bertz CT molecular complexity index is 351. The predicted octanol–water partition coefficient (Wildman–Crippen LogP) is 0.746. The van der Waals surface area contributed by atoms with E-state index in [1.165, 1.54) is 0 Å². The molecule has 1 amide bonds. The first-order chi connectivity index (χ1) is 11.1. The Morgan fingerprint density at radius 3 is 2.52 bits per heavy atom. The SMILES string of the molecule is CC1CN(CCCCNC(=O)C(N)C2CCOCC2)CC(C)O1. The van der Waals surface area contributed by atoms with Crippen LogP contribution in [0.1, 0.15) is 39.5 Å². The number of morpholine rings is 1. The van der Waals surface area contributed by atoms with Crippen molar-refractivity contribution < 1.29 is 14.3 Å². The minimum absolute atomic E-state index is 0.00878. The van der Waals surface area contributed by atoms with Gasteiger partial charge in [0.25, 0.3) is 0 Å². The number of unbranched alkanes of at least 4 members (excludes halogenated alkanes) is 1. The molecule has 23 heavy (non-hydrogen) atoms. The maximum absolute atomic E-state index is 12.1. The summed E-state index contributed by atoms with van der Waals surface area (Å²) < 4.78 is 11.1. The maximum Gasteiger partial charge on any atom is 0.237 e. The highest BCUT2D eigenvalue weighted by Crippen LogP contribution is 2.17. The summed E-state index contributed by atoms with van der Waals surface area (Å²) in [4.78, 5) is 14.5. The lowest BCUT2D eigenvalue weighted by Crippen LogP contribution is -2.47. The summed E-state index contributed by atoms with van der Waals surface area (Å²) in [7, 11) is 0. The fourth-order valence-electron chi connectivity index (χ4n) is 3.55. The summed E-state index contributed by atoms with van der Waals surface area (Å²) in [5.74, 6) is 0.255. The van der Waals surface area contributed by atoms with Crippen molar-refractivity contribution in [2.24, 2.45) is 11.7 Å². The second kappa shape index (κ2) is 9.57. The molecule has 3 N–H and O–H groups in total. The van der Waals surface area contributed by atoms with E-state index in [1.54, 1.807) is 0 Å². The van der Waals surface area contributed by atoms with Crippen molar-refractivity contribution in [1.29, 1.82) is 0 Å². The van der Waals surface area contributed by atoms with Crippen molar-refractivity contribution in [3.8, 4) is 0 Å². The number of hydrogen-bond acceptors (Lipinski definition) is 5. The van der Waals surface area contributed by atoms with E-state index in [1.807, 2.05) is 0 Å². The van der Waals surface area contributed by atoms with Gasteiger partial charge in [-0.15, -0.1) is 0 Å². The minimum atomic E-state index is -0.389. The molecule has 0 saturated carbocycles. The standard InChI is InChI=1S/C17H33N3O3/c1-13-11-20(12-14(2)23-13)8-4-3-7-19-17(21)16(18)15-5-9-22-10-6-15/h13-16H,3-12,18H2,1-2H3,(H,19,21). The van der Waals surface area contributed by atoms with E-state index in [4.69, 9.17) is 15.2 Å². The normalized spacial score (nSPS) is 28.5. The zero-order chi connectivity index (χ0) is 16.7. The first-order valence-corrected chi connectivity index (χ1v) is 9.05. The van der Waals surface area contributed by atoms with Gasteiger partial charge >= 0.3 is 0 Å². The number of carbonyl (C=O) groups excluding carboxylic acids is 1. The third-order valence-corrected chi connectivity index (χ3v) is 4.77. The van der Waals surface area contributed by atoms with Crippen molar-refractivity contribution in [3.05, 3.63) is 0 Å². The van der Waals surface area contributed by atoms with E-state index in [0.717, 1.165) is 58.5 Å². The van der Waals surface area contributed by atoms with E-state index < -0.39 is 0 Å². The summed E-state index contributed by atoms with van der Waals surface area (Å²) in [5, 5.41) is 2.99. The smallest absolute Gasteiger partial charge is 0.237 e. The van der Waals surface area contributed by atoms with Crippen LogP contribution in [0.3, 0.4) is 0 Å². The Labute approximate surface area is 140 Å². The molecule has 6 nitrogen and oxygen atoms in total. The van der Waals surface area contributed by atoms with Gasteiger partial charge in [0.15, 0.2) is 0 Å². The number of carbonyl (C=O) groups is 1. The molecule has 0 radical (unpaired) electrons. The zero-order valence-electron chi connectivity index (χ0n) is 14.6. The molecule has 2 aliphatic heterocycles. The Hall–Kier alpha value is -0.690. The molecular formula is C17H33N3O3. The number of hydrogen-bond donors (Lipinski definition) is 2. The van der Waals surface area contributed by atoms with Crippen LogP contribution in [0.4, 0.5) is 0 Å². The van der Waals surface area contributed by atoms with Gasteiger partial charge in [0.2, 0.25) is 5.91 Å². The van der Waals surface area contributed by atoms with Crippen LogP contribution in [0, 0.1) is 5.92 Å². The molecule has 0 aromatic heterocycles. The third-order valence-electron chi connectivity index (χ3n) is 4.77. The van der Waals surface area contributed by atoms with E-state index in [-0.39, 0.29) is 17.9 Å². The van der Waals surface area contributed by atoms with Crippen molar-refractivity contribution in [1.82, 2.24) is 10.2 Å². The minimum Gasteiger partial charge on any atom is -0.381 e. The third kappa shape index (κ3) is 6.37. The highest BCUT2D eigenvalue weighted by Gasteiger charge is 2.26. The van der Waals surface area contributed by atoms with E-state index in [2.05, 4.69) is 24.1 Å². The summed E-state index contributed by atoms with van der Waals surface area (Å²) in [6, 6.07) is -0.389. The van der Waals surface area contributed by atoms with Crippen LogP contribution in [0.25, 0.3) is 0 Å². The van der Waals surface area contributed by atoms with Crippen LogP contribution < -0.4 is 11.1 Å². The molecule has 134 valence electrons. The van der Waals surface area contributed by atoms with Gasteiger partial charge in [0.05, 0.1) is 18.2 Å². The van der Waals surface area contributed by atoms with Gasteiger partial charge in [-0.3, -0.25) is 9.69 Å². The van der Waals surface area contributed by atoms with Crippen molar-refractivity contribution in [2.75, 3.05) is 39.4 Å². The van der Waals surface area contributed by atoms with Crippen LogP contribution >= 0.6 is 0 Å². The molecule has 3 atom stereocenters. The molecular weight excluding hydrogens is 294 g/mol. The van der Waals surface area contributed by atoms with Crippen LogP contribution in [0.2, 0.25) is 0 Å². The number of amides is 1. The van der Waals surface area contributed by atoms with Crippen LogP contribution in [-0.2, 0) is 14.3 Å². The van der Waals surface area contributed by atoms with Gasteiger partial charge < -0.3 is 20.5 Å². The van der Waals surface area contributed by atoms with Gasteiger partial charge in [0.1, 0.15) is 0 Å². The average Bonchev–Trinajstić information content (AvgIpc) is 2.53. The first kappa shape index (κ1) is 18.6. The highest BCUT2D eigenvalue weighted by atomic mass is 16.5. The van der Waals surface area contributed by atoms with Gasteiger partial charge in [-0.05, 0) is 52.0 Å². The summed E-state index contributed by atoms with van der Waals surface area (Å²) >= 11 is 0. The monoisotopic (exact) mass is 327 g/mol. The van der Waals surface area contributed by atoms with E-state index >= 15 is 0 Å². The molecule has 6 heteroatoms. The molecule has 0 bridgehead atoms. The molecule has 0 aromatic rings. The number of nitrogens with two attached hydrogens (primary N) is 1. The van der Waals surface area contributed by atoms with Gasteiger partial charge in [-0.25, -0.2) is 0 Å². The second-order valence-corrected chi connectivity index (χ2v) is 6.99. The quantitative estimate of drug-likeness (QED) is 0.675. The molecule has 2 rings (SSSR count). The topological polar surface area (TPSA) is 76.8 Å². The van der Waals surface area contributed by atoms with Gasteiger partial charge in [-0.2, -0.15) is 0 Å². The Kier molecular flexibility index (Phi) is 7.76. The van der Waals surface area contributed by atoms with Gasteiger partial charge in [0, 0.05) is 32.8 Å². The lowest BCUT2D eigenvalue weighted by atomic mass is 9.92. The molecule has 0 aliphatic carbocycles. The average molecular weight is 327 g/mol. The summed E-state index contributed by atoms with van der Waals surface area (Å²) in [6.45, 7) is 9.49. The summed E-state index contributed by atoms with van der Waals surface area (Å²) in [5.41, 5.74) is 6.06. The molecule has 2 fully saturated rings. The van der Waals surface area contributed by atoms with E-state index in [9.17, 15) is 4.79 Å². The van der Waals surface area contributed by atoms with Crippen molar-refractivity contribution in [2.45, 2.75) is 57.8 Å². The van der Waals surface area contributed by atoms with Crippen molar-refractivity contribution >= 4 is 5.91 Å². The fraction of sp³-hybridized carbons (Fsp3) is 0.941. The lowest BCUT2D eigenvalue weighted by molar-refractivity contribution is -0.124. The van der Waals surface area contributed by atoms with Gasteiger partial charge in [-0.1, -0.05) is 0 Å². The zero-order valence-corrected chi connectivity index (χ0v) is 14.6. The van der Waals surface area contributed by atoms with Crippen LogP contribution in [-0.4, -0.2) is 68.4 Å². The number of nitrogens with zero attached hydrogens (tertiary/aromatic N) is 1. The number of rotatable bonds is 7. The van der Waals surface area contributed by atoms with Crippen molar-refractivity contribution in [3.63, 3.8) is 0 Å². The van der Waals surface area contributed by atoms with Crippen LogP contribution in [0.15, 0.2) is 0 Å². The highest BCUT2D eigenvalue weighted by molar-refractivity contribution is 5.81. The Balaban J connectivity index is 1.55. The second-order valence-electron chi connectivity index (χ2n) is 6.99. The molecule has 0 aromatic carbocycles. The van der Waals surface area contributed by atoms with Crippen LogP contribution in [0.5, 0.6) is 0 Å². The van der Waals surface area contributed by atoms with E-state index in [0.29, 0.717) is 18.8 Å². The number of ether oxygens (including phenoxy) is 2. The molecule has 2 aliphatic rings. The first-order valence-electron chi connectivity index (χ1n) is 9.05. The number of nitrogens with one attached hydrogen (secondary N) is 1.